The van der Waals surface area contributed by atoms with E-state index in [9.17, 15) is 9.59 Å². The van der Waals surface area contributed by atoms with Gasteiger partial charge >= 0.3 is 5.69 Å². The topological polar surface area (TPSA) is 84.7 Å². The maximum Gasteiger partial charge on any atom is 0.332 e. The summed E-state index contributed by atoms with van der Waals surface area (Å²) in [6, 6.07) is 13.8. The SMILES string of the molecule is Cn1c(=O)c2c(nc3n(Cc4ccc5c(c4)OCO5)c(-c4ccc(Br)cc4)cn23)n(C)c1=O. The van der Waals surface area contributed by atoms with Gasteiger partial charge in [0.2, 0.25) is 12.6 Å². The molecule has 33 heavy (non-hydrogen) atoms. The van der Waals surface area contributed by atoms with E-state index in [1.807, 2.05) is 53.2 Å². The molecule has 0 spiro atoms. The van der Waals surface area contributed by atoms with Gasteiger partial charge in [-0.2, -0.15) is 4.98 Å². The maximum atomic E-state index is 13.0. The van der Waals surface area contributed by atoms with Crippen molar-refractivity contribution < 1.29 is 9.47 Å². The summed E-state index contributed by atoms with van der Waals surface area (Å²) in [6.07, 6.45) is 1.90. The molecule has 0 saturated carbocycles. The summed E-state index contributed by atoms with van der Waals surface area (Å²) in [4.78, 5) is 30.2. The van der Waals surface area contributed by atoms with Crippen LogP contribution in [0.3, 0.4) is 0 Å². The summed E-state index contributed by atoms with van der Waals surface area (Å²) in [5.41, 5.74) is 2.76. The summed E-state index contributed by atoms with van der Waals surface area (Å²) in [7, 11) is 3.09. The highest BCUT2D eigenvalue weighted by Crippen LogP contribution is 2.34. The molecule has 2 aromatic carbocycles. The van der Waals surface area contributed by atoms with Crippen LogP contribution in [0.15, 0.2) is 62.7 Å². The number of imidazole rings is 2. The zero-order valence-electron chi connectivity index (χ0n) is 17.8. The van der Waals surface area contributed by atoms with E-state index in [0.717, 1.165) is 31.6 Å². The van der Waals surface area contributed by atoms with Gasteiger partial charge in [0, 0.05) is 24.8 Å². The lowest BCUT2D eigenvalue weighted by Gasteiger charge is -2.10. The summed E-state index contributed by atoms with van der Waals surface area (Å²) in [5, 5.41) is 0. The van der Waals surface area contributed by atoms with E-state index in [-0.39, 0.29) is 12.4 Å². The van der Waals surface area contributed by atoms with E-state index in [1.165, 1.54) is 11.6 Å². The Bertz CT molecular complexity index is 1690. The minimum Gasteiger partial charge on any atom is -0.454 e. The van der Waals surface area contributed by atoms with Crippen LogP contribution in [0.5, 0.6) is 11.5 Å². The molecule has 0 bridgehead atoms. The minimum atomic E-state index is -0.413. The molecule has 0 atom stereocenters. The smallest absolute Gasteiger partial charge is 0.332 e. The molecule has 6 rings (SSSR count). The molecule has 4 heterocycles. The molecule has 0 fully saturated rings. The number of ether oxygens (including phenoxy) is 2. The molecule has 3 aromatic heterocycles. The average Bonchev–Trinajstić information content (AvgIpc) is 3.51. The van der Waals surface area contributed by atoms with Crippen LogP contribution in [-0.4, -0.2) is 29.9 Å². The highest BCUT2D eigenvalue weighted by atomic mass is 79.9. The van der Waals surface area contributed by atoms with Crippen LogP contribution < -0.4 is 20.7 Å². The van der Waals surface area contributed by atoms with Crippen molar-refractivity contribution in [3.05, 3.63) is 79.5 Å². The number of benzene rings is 2. The third-order valence-corrected chi connectivity index (χ3v) is 6.50. The van der Waals surface area contributed by atoms with Gasteiger partial charge in [-0.15, -0.1) is 0 Å². The Morgan fingerprint density at radius 3 is 2.55 bits per heavy atom. The van der Waals surface area contributed by atoms with Crippen LogP contribution in [0.4, 0.5) is 0 Å². The van der Waals surface area contributed by atoms with E-state index in [0.29, 0.717) is 29.2 Å². The number of halogens is 1. The second kappa shape index (κ2) is 7.11. The lowest BCUT2D eigenvalue weighted by molar-refractivity contribution is 0.174. The first-order valence-electron chi connectivity index (χ1n) is 10.2. The van der Waals surface area contributed by atoms with Gasteiger partial charge in [0.05, 0.1) is 12.2 Å². The fraction of sp³-hybridized carbons (Fsp3) is 0.174. The number of fused-ring (bicyclic) bond motifs is 4. The van der Waals surface area contributed by atoms with Crippen molar-refractivity contribution in [2.75, 3.05) is 6.79 Å². The largest absolute Gasteiger partial charge is 0.454 e. The Morgan fingerprint density at radius 1 is 1.00 bits per heavy atom. The van der Waals surface area contributed by atoms with Crippen LogP contribution in [0.2, 0.25) is 0 Å². The number of hydrogen-bond donors (Lipinski definition) is 0. The molecular formula is C23H18BrN5O4. The predicted molar refractivity (Wildman–Crippen MR) is 126 cm³/mol. The number of rotatable bonds is 3. The lowest BCUT2D eigenvalue weighted by atomic mass is 10.1. The van der Waals surface area contributed by atoms with Crippen molar-refractivity contribution in [3.63, 3.8) is 0 Å². The summed E-state index contributed by atoms with van der Waals surface area (Å²) >= 11 is 3.48. The Morgan fingerprint density at radius 2 is 1.76 bits per heavy atom. The Kier molecular flexibility index (Phi) is 4.28. The number of aryl methyl sites for hydroxylation is 1. The van der Waals surface area contributed by atoms with E-state index >= 15 is 0 Å². The first-order chi connectivity index (χ1) is 15.9. The molecule has 0 radical (unpaired) electrons. The molecule has 0 saturated heterocycles. The van der Waals surface area contributed by atoms with Crippen LogP contribution in [0.25, 0.3) is 28.2 Å². The van der Waals surface area contributed by atoms with Crippen LogP contribution in [-0.2, 0) is 20.6 Å². The van der Waals surface area contributed by atoms with E-state index in [1.54, 1.807) is 11.4 Å². The maximum absolute atomic E-state index is 13.0. The van der Waals surface area contributed by atoms with Crippen molar-refractivity contribution in [3.8, 4) is 22.8 Å². The number of aromatic nitrogens is 5. The second-order valence-corrected chi connectivity index (χ2v) is 8.87. The van der Waals surface area contributed by atoms with Crippen LogP contribution in [0, 0.1) is 0 Å². The fourth-order valence-electron chi connectivity index (χ4n) is 4.24. The van der Waals surface area contributed by atoms with Gasteiger partial charge in [-0.05, 0) is 35.4 Å². The summed E-state index contributed by atoms with van der Waals surface area (Å²) < 4.78 is 18.2. The molecule has 0 amide bonds. The average molecular weight is 508 g/mol. The predicted octanol–water partition coefficient (Wildman–Crippen LogP) is 2.89. The van der Waals surface area contributed by atoms with Crippen molar-refractivity contribution in [1.29, 1.82) is 0 Å². The molecular weight excluding hydrogens is 490 g/mol. The molecule has 1 aliphatic heterocycles. The molecule has 9 nitrogen and oxygen atoms in total. The quantitative estimate of drug-likeness (QED) is 0.374. The monoisotopic (exact) mass is 507 g/mol. The lowest BCUT2D eigenvalue weighted by Crippen LogP contribution is -2.37. The fourth-order valence-corrected chi connectivity index (χ4v) is 4.51. The van der Waals surface area contributed by atoms with Crippen molar-refractivity contribution in [2.45, 2.75) is 6.54 Å². The van der Waals surface area contributed by atoms with Gasteiger partial charge in [0.15, 0.2) is 22.7 Å². The molecule has 5 aromatic rings. The van der Waals surface area contributed by atoms with Gasteiger partial charge in [0.1, 0.15) is 0 Å². The van der Waals surface area contributed by atoms with Gasteiger partial charge in [-0.25, -0.2) is 4.79 Å². The highest BCUT2D eigenvalue weighted by molar-refractivity contribution is 9.10. The normalized spacial score (nSPS) is 12.8. The van der Waals surface area contributed by atoms with Gasteiger partial charge in [-0.3, -0.25) is 18.3 Å². The Hall–Kier alpha value is -3.79. The summed E-state index contributed by atoms with van der Waals surface area (Å²) in [6.45, 7) is 0.690. The summed E-state index contributed by atoms with van der Waals surface area (Å²) in [5.74, 6) is 1.99. The van der Waals surface area contributed by atoms with Crippen LogP contribution in [0.1, 0.15) is 5.56 Å². The molecule has 0 aliphatic carbocycles. The Labute approximate surface area is 195 Å². The molecule has 0 unspecified atom stereocenters. The molecule has 10 heteroatoms. The van der Waals surface area contributed by atoms with Gasteiger partial charge in [-0.1, -0.05) is 34.1 Å². The third kappa shape index (κ3) is 2.94. The highest BCUT2D eigenvalue weighted by Gasteiger charge is 2.22. The molecule has 1 aliphatic rings. The van der Waals surface area contributed by atoms with E-state index < -0.39 is 5.69 Å². The third-order valence-electron chi connectivity index (χ3n) is 5.97. The second-order valence-electron chi connectivity index (χ2n) is 7.95. The van der Waals surface area contributed by atoms with Gasteiger partial charge in [0.25, 0.3) is 5.56 Å². The van der Waals surface area contributed by atoms with Gasteiger partial charge < -0.3 is 14.0 Å². The van der Waals surface area contributed by atoms with Crippen LogP contribution >= 0.6 is 15.9 Å². The number of nitrogens with zero attached hydrogens (tertiary/aromatic N) is 5. The van der Waals surface area contributed by atoms with Crippen molar-refractivity contribution >= 4 is 32.9 Å². The van der Waals surface area contributed by atoms with E-state index in [4.69, 9.17) is 14.5 Å². The van der Waals surface area contributed by atoms with Crippen molar-refractivity contribution in [1.82, 2.24) is 23.1 Å². The zero-order valence-corrected chi connectivity index (χ0v) is 19.4. The minimum absolute atomic E-state index is 0.208. The molecule has 166 valence electrons. The first kappa shape index (κ1) is 19.9. The molecule has 0 N–H and O–H groups in total. The van der Waals surface area contributed by atoms with Crippen molar-refractivity contribution in [2.24, 2.45) is 14.1 Å². The first-order valence-corrected chi connectivity index (χ1v) is 11.0. The Balaban J connectivity index is 1.63. The van der Waals surface area contributed by atoms with E-state index in [2.05, 4.69) is 15.9 Å². The standard InChI is InChI=1S/C23H18BrN5O4/c1-26-20-19(21(30)27(2)23(26)31)29-11-16(14-4-6-15(24)7-5-14)28(22(29)25-20)10-13-3-8-17-18(9-13)33-12-32-17/h3-9,11H,10,12H2,1-2H3. The zero-order chi connectivity index (χ0) is 22.9. The number of hydrogen-bond acceptors (Lipinski definition) is 5.